The van der Waals surface area contributed by atoms with Crippen molar-refractivity contribution in [3.05, 3.63) is 92.6 Å². The molecule has 0 saturated carbocycles. The van der Waals surface area contributed by atoms with Crippen LogP contribution in [0.25, 0.3) is 17.2 Å². The fourth-order valence-electron chi connectivity index (χ4n) is 2.99. The van der Waals surface area contributed by atoms with Crippen molar-refractivity contribution in [2.24, 2.45) is 7.05 Å². The van der Waals surface area contributed by atoms with Crippen LogP contribution < -0.4 is 16.6 Å². The first-order chi connectivity index (χ1) is 15.9. The monoisotopic (exact) mass is 461 g/mol. The first kappa shape index (κ1) is 22.0. The molecule has 10 heteroatoms. The van der Waals surface area contributed by atoms with Gasteiger partial charge in [0.2, 0.25) is 5.91 Å². The van der Waals surface area contributed by atoms with E-state index < -0.39 is 11.2 Å². The summed E-state index contributed by atoms with van der Waals surface area (Å²) in [6.07, 6.45) is 3.26. The molecule has 33 heavy (non-hydrogen) atoms. The lowest BCUT2D eigenvalue weighted by atomic mass is 10.1. The second kappa shape index (κ2) is 9.53. The molecule has 0 unspecified atom stereocenters. The summed E-state index contributed by atoms with van der Waals surface area (Å²) in [5, 5.41) is 3.08. The summed E-state index contributed by atoms with van der Waals surface area (Å²) in [6, 6.07) is 16.1. The number of fused-ring (bicyclic) bond motifs is 1. The molecule has 0 aliphatic rings. The van der Waals surface area contributed by atoms with Crippen molar-refractivity contribution >= 4 is 46.4 Å². The maximum absolute atomic E-state index is 12.3. The largest absolute Gasteiger partial charge is 0.329 e. The van der Waals surface area contributed by atoms with Crippen molar-refractivity contribution in [1.82, 2.24) is 19.5 Å². The molecule has 0 fully saturated rings. The molecule has 2 heterocycles. The number of aromatic nitrogens is 4. The second-order valence-electron chi connectivity index (χ2n) is 7.08. The number of H-pyrrole nitrogens is 2. The number of allylic oxidation sites excluding steroid dienone is 1. The molecule has 166 valence electrons. The van der Waals surface area contributed by atoms with Crippen LogP contribution in [0, 0.1) is 0 Å². The molecule has 3 N–H and O–H groups in total. The van der Waals surface area contributed by atoms with E-state index in [4.69, 9.17) is 0 Å². The summed E-state index contributed by atoms with van der Waals surface area (Å²) in [5.74, 6) is -0.392. The number of amides is 1. The van der Waals surface area contributed by atoms with Gasteiger partial charge in [0.05, 0.1) is 5.75 Å². The fraction of sp³-hybridized carbons (Fsp3) is 0.0870. The Bertz CT molecular complexity index is 1470. The number of nitrogens with one attached hydrogen (secondary N) is 3. The predicted molar refractivity (Wildman–Crippen MR) is 128 cm³/mol. The number of anilines is 1. The third kappa shape index (κ3) is 5.18. The Morgan fingerprint density at radius 3 is 2.52 bits per heavy atom. The zero-order valence-electron chi connectivity index (χ0n) is 17.5. The molecular weight excluding hydrogens is 442 g/mol. The molecule has 2 aromatic carbocycles. The highest BCUT2D eigenvalue weighted by Crippen LogP contribution is 2.17. The highest BCUT2D eigenvalue weighted by Gasteiger charge is 2.12. The first-order valence-corrected chi connectivity index (χ1v) is 10.9. The number of imidazole rings is 1. The predicted octanol–water partition coefficient (Wildman–Crippen LogP) is 2.58. The Labute approximate surface area is 191 Å². The van der Waals surface area contributed by atoms with Crippen LogP contribution in [0.2, 0.25) is 0 Å². The van der Waals surface area contributed by atoms with Crippen molar-refractivity contribution in [3.8, 4) is 0 Å². The number of aromatic amines is 2. The number of thioether (sulfide) groups is 1. The zero-order chi connectivity index (χ0) is 23.4. The maximum atomic E-state index is 12.3. The van der Waals surface area contributed by atoms with Gasteiger partial charge in [0.25, 0.3) is 5.56 Å². The van der Waals surface area contributed by atoms with Crippen LogP contribution in [0.4, 0.5) is 5.69 Å². The number of hydrogen-bond acceptors (Lipinski definition) is 6. The zero-order valence-corrected chi connectivity index (χ0v) is 18.3. The van der Waals surface area contributed by atoms with Crippen molar-refractivity contribution in [3.63, 3.8) is 0 Å². The van der Waals surface area contributed by atoms with E-state index in [-0.39, 0.29) is 28.6 Å². The number of nitrogens with zero attached hydrogens (tertiary/aromatic N) is 2. The highest BCUT2D eigenvalue weighted by atomic mass is 32.2. The normalized spacial score (nSPS) is 11.2. The summed E-state index contributed by atoms with van der Waals surface area (Å²) in [4.78, 5) is 57.8. The Morgan fingerprint density at radius 2 is 1.79 bits per heavy atom. The van der Waals surface area contributed by atoms with Gasteiger partial charge < -0.3 is 10.3 Å². The Balaban J connectivity index is 1.34. The molecule has 2 aromatic heterocycles. The van der Waals surface area contributed by atoms with Gasteiger partial charge in [-0.15, -0.1) is 0 Å². The van der Waals surface area contributed by atoms with E-state index >= 15 is 0 Å². The van der Waals surface area contributed by atoms with Gasteiger partial charge in [-0.1, -0.05) is 48.2 Å². The topological polar surface area (TPSA) is 130 Å². The van der Waals surface area contributed by atoms with Crippen LogP contribution in [-0.4, -0.2) is 37.0 Å². The fourth-order valence-corrected chi connectivity index (χ4v) is 3.66. The standard InChI is InChI=1S/C23H19N5O4S/c1-28-21(31)19-20(27-23(28)32)26-22(25-19)33-13-18(30)24-16-10-8-15(9-11-16)17(29)12-7-14-5-3-2-4-6-14/h2-12H,13H2,1H3,(H,24,30)(H,25,26)(H,27,32)/b12-7+. The lowest BCUT2D eigenvalue weighted by Gasteiger charge is -2.05. The Morgan fingerprint density at radius 1 is 1.06 bits per heavy atom. The molecule has 0 spiro atoms. The third-order valence-corrected chi connectivity index (χ3v) is 5.62. The molecule has 0 atom stereocenters. The second-order valence-corrected chi connectivity index (χ2v) is 8.05. The molecule has 0 aliphatic heterocycles. The summed E-state index contributed by atoms with van der Waals surface area (Å²) in [5.41, 5.74) is 1.24. The van der Waals surface area contributed by atoms with Gasteiger partial charge in [-0.05, 0) is 35.9 Å². The molecule has 0 aliphatic carbocycles. The van der Waals surface area contributed by atoms with Gasteiger partial charge in [-0.25, -0.2) is 9.78 Å². The summed E-state index contributed by atoms with van der Waals surface area (Å²) in [6.45, 7) is 0. The molecule has 0 bridgehead atoms. The van der Waals surface area contributed by atoms with Crippen LogP contribution in [0.1, 0.15) is 15.9 Å². The average Bonchev–Trinajstić information content (AvgIpc) is 3.24. The molecule has 9 nitrogen and oxygen atoms in total. The van der Waals surface area contributed by atoms with E-state index in [0.717, 1.165) is 21.9 Å². The van der Waals surface area contributed by atoms with E-state index in [1.807, 2.05) is 30.3 Å². The minimum absolute atomic E-state index is 0.0326. The summed E-state index contributed by atoms with van der Waals surface area (Å²) < 4.78 is 0.938. The minimum atomic E-state index is -0.564. The van der Waals surface area contributed by atoms with Gasteiger partial charge in [0.1, 0.15) is 0 Å². The molecular formula is C23H19N5O4S. The number of benzene rings is 2. The van der Waals surface area contributed by atoms with E-state index in [1.54, 1.807) is 30.3 Å². The number of rotatable bonds is 7. The number of carbonyl (C=O) groups is 2. The van der Waals surface area contributed by atoms with E-state index in [0.29, 0.717) is 16.4 Å². The van der Waals surface area contributed by atoms with Crippen LogP contribution in [-0.2, 0) is 11.8 Å². The lowest BCUT2D eigenvalue weighted by Crippen LogP contribution is -2.32. The van der Waals surface area contributed by atoms with E-state index in [2.05, 4.69) is 20.3 Å². The molecule has 4 aromatic rings. The third-order valence-electron chi connectivity index (χ3n) is 4.75. The van der Waals surface area contributed by atoms with Gasteiger partial charge >= 0.3 is 5.69 Å². The smallest absolute Gasteiger partial charge is 0.327 e. The van der Waals surface area contributed by atoms with Crippen LogP contribution >= 0.6 is 11.8 Å². The van der Waals surface area contributed by atoms with Crippen molar-refractivity contribution in [2.45, 2.75) is 5.16 Å². The molecule has 4 rings (SSSR count). The van der Waals surface area contributed by atoms with Crippen LogP contribution in [0.3, 0.4) is 0 Å². The quantitative estimate of drug-likeness (QED) is 0.220. The van der Waals surface area contributed by atoms with E-state index in [9.17, 15) is 19.2 Å². The average molecular weight is 462 g/mol. The highest BCUT2D eigenvalue weighted by molar-refractivity contribution is 7.99. The Kier molecular flexibility index (Phi) is 6.36. The summed E-state index contributed by atoms with van der Waals surface area (Å²) >= 11 is 1.09. The van der Waals surface area contributed by atoms with Gasteiger partial charge in [0.15, 0.2) is 22.1 Å². The van der Waals surface area contributed by atoms with Crippen molar-refractivity contribution in [2.75, 3.05) is 11.1 Å². The molecule has 0 saturated heterocycles. The number of hydrogen-bond donors (Lipinski definition) is 3. The van der Waals surface area contributed by atoms with Crippen LogP contribution in [0.15, 0.2) is 75.4 Å². The van der Waals surface area contributed by atoms with E-state index in [1.165, 1.54) is 13.1 Å². The Hall–Kier alpha value is -4.18. The van der Waals surface area contributed by atoms with Crippen LogP contribution in [0.5, 0.6) is 0 Å². The SMILES string of the molecule is Cn1c(=O)[nH]c2nc(SCC(=O)Nc3ccc(C(=O)/C=C/c4ccccc4)cc3)[nH]c2c1=O. The summed E-state index contributed by atoms with van der Waals surface area (Å²) in [7, 11) is 1.36. The van der Waals surface area contributed by atoms with Crippen molar-refractivity contribution in [1.29, 1.82) is 0 Å². The number of ketones is 1. The van der Waals surface area contributed by atoms with Gasteiger partial charge in [-0.3, -0.25) is 23.9 Å². The lowest BCUT2D eigenvalue weighted by molar-refractivity contribution is -0.113. The first-order valence-electron chi connectivity index (χ1n) is 9.90. The number of carbonyl (C=O) groups excluding carboxylic acids is 2. The van der Waals surface area contributed by atoms with Gasteiger partial charge in [-0.2, -0.15) is 0 Å². The van der Waals surface area contributed by atoms with Gasteiger partial charge in [0, 0.05) is 18.3 Å². The molecule has 0 radical (unpaired) electrons. The maximum Gasteiger partial charge on any atom is 0.329 e. The minimum Gasteiger partial charge on any atom is -0.327 e. The van der Waals surface area contributed by atoms with Crippen molar-refractivity contribution < 1.29 is 9.59 Å². The molecule has 1 amide bonds.